The van der Waals surface area contributed by atoms with Crippen LogP contribution in [0.15, 0.2) is 53.7 Å². The fourth-order valence-electron chi connectivity index (χ4n) is 3.63. The first-order valence-electron chi connectivity index (χ1n) is 10.1. The minimum atomic E-state index is -0.0422. The summed E-state index contributed by atoms with van der Waals surface area (Å²) in [5.41, 5.74) is 2.26. The summed E-state index contributed by atoms with van der Waals surface area (Å²) in [5.74, 6) is 3.18. The number of morpholine rings is 1. The standard InChI is InChI=1S/C22H24N4O3S/c1-16-5-4-6-17(13-16)26-21(25-9-11-27-12-10-25)23-24-22(26)30-15-18-14-28-19-7-2-3-8-20(19)29-18/h2-8,13,18H,9-12,14-15H2,1H3/t18-/m0/s1. The maximum Gasteiger partial charge on any atom is 0.232 e. The summed E-state index contributed by atoms with van der Waals surface area (Å²) < 4.78 is 19.6. The molecule has 0 spiro atoms. The number of rotatable bonds is 5. The number of aromatic nitrogens is 3. The molecular weight excluding hydrogens is 400 g/mol. The number of fused-ring (bicyclic) bond motifs is 1. The van der Waals surface area contributed by atoms with Crippen LogP contribution in [-0.2, 0) is 4.74 Å². The van der Waals surface area contributed by atoms with Gasteiger partial charge in [0.2, 0.25) is 5.95 Å². The number of anilines is 1. The highest BCUT2D eigenvalue weighted by atomic mass is 32.2. The number of aryl methyl sites for hydroxylation is 1. The Balaban J connectivity index is 1.39. The lowest BCUT2D eigenvalue weighted by atomic mass is 10.2. The molecule has 3 heterocycles. The summed E-state index contributed by atoms with van der Waals surface area (Å²) in [6.07, 6.45) is -0.0422. The van der Waals surface area contributed by atoms with Crippen LogP contribution >= 0.6 is 11.8 Å². The summed E-state index contributed by atoms with van der Waals surface area (Å²) in [6.45, 7) is 5.65. The van der Waals surface area contributed by atoms with Gasteiger partial charge in [-0.05, 0) is 36.8 Å². The fourth-order valence-corrected chi connectivity index (χ4v) is 4.54. The Labute approximate surface area is 180 Å². The molecule has 0 radical (unpaired) electrons. The monoisotopic (exact) mass is 424 g/mol. The van der Waals surface area contributed by atoms with E-state index in [0.29, 0.717) is 19.8 Å². The predicted octanol–water partition coefficient (Wildman–Crippen LogP) is 3.34. The normalized spacial score (nSPS) is 18.4. The van der Waals surface area contributed by atoms with E-state index in [1.165, 1.54) is 5.56 Å². The Morgan fingerprint density at radius 1 is 1.03 bits per heavy atom. The summed E-state index contributed by atoms with van der Waals surface area (Å²) in [5, 5.41) is 9.91. The Kier molecular flexibility index (Phi) is 5.50. The van der Waals surface area contributed by atoms with Crippen LogP contribution in [0.5, 0.6) is 11.5 Å². The molecule has 3 aromatic rings. The van der Waals surface area contributed by atoms with Crippen LogP contribution in [0, 0.1) is 6.92 Å². The van der Waals surface area contributed by atoms with Crippen molar-refractivity contribution in [3.8, 4) is 17.2 Å². The largest absolute Gasteiger partial charge is 0.486 e. The average molecular weight is 425 g/mol. The molecule has 5 rings (SSSR count). The van der Waals surface area contributed by atoms with Crippen molar-refractivity contribution in [2.24, 2.45) is 0 Å². The number of thioether (sulfide) groups is 1. The SMILES string of the molecule is Cc1cccc(-n2c(SC[C@@H]3COc4ccccc4O3)nnc2N2CCOCC2)c1. The second-order valence-corrected chi connectivity index (χ2v) is 8.35. The van der Waals surface area contributed by atoms with Gasteiger partial charge in [0.05, 0.1) is 18.9 Å². The Hall–Kier alpha value is -2.71. The highest BCUT2D eigenvalue weighted by Gasteiger charge is 2.25. The molecule has 0 aliphatic carbocycles. The molecule has 8 heteroatoms. The van der Waals surface area contributed by atoms with E-state index in [9.17, 15) is 0 Å². The highest BCUT2D eigenvalue weighted by Crippen LogP contribution is 2.33. The van der Waals surface area contributed by atoms with Crippen LogP contribution < -0.4 is 14.4 Å². The highest BCUT2D eigenvalue weighted by molar-refractivity contribution is 7.99. The van der Waals surface area contributed by atoms with Gasteiger partial charge in [0.1, 0.15) is 12.7 Å². The van der Waals surface area contributed by atoms with Crippen molar-refractivity contribution < 1.29 is 14.2 Å². The molecular formula is C22H24N4O3S. The Bertz CT molecular complexity index is 1020. The van der Waals surface area contributed by atoms with Gasteiger partial charge < -0.3 is 19.1 Å². The molecule has 2 aromatic carbocycles. The van der Waals surface area contributed by atoms with E-state index in [1.807, 2.05) is 24.3 Å². The van der Waals surface area contributed by atoms with E-state index in [-0.39, 0.29) is 6.10 Å². The zero-order valence-corrected chi connectivity index (χ0v) is 17.7. The third-order valence-electron chi connectivity index (χ3n) is 5.14. The molecule has 0 bridgehead atoms. The van der Waals surface area contributed by atoms with Crippen LogP contribution in [0.3, 0.4) is 0 Å². The van der Waals surface area contributed by atoms with Crippen molar-refractivity contribution in [1.29, 1.82) is 0 Å². The van der Waals surface area contributed by atoms with Gasteiger partial charge in [0.15, 0.2) is 16.7 Å². The molecule has 0 unspecified atom stereocenters. The maximum atomic E-state index is 6.11. The number of nitrogens with zero attached hydrogens (tertiary/aromatic N) is 4. The second-order valence-electron chi connectivity index (χ2n) is 7.37. The number of hydrogen-bond acceptors (Lipinski definition) is 7. The van der Waals surface area contributed by atoms with Gasteiger partial charge in [-0.3, -0.25) is 4.57 Å². The molecule has 30 heavy (non-hydrogen) atoms. The first-order valence-corrected chi connectivity index (χ1v) is 11.1. The molecule has 1 saturated heterocycles. The van der Waals surface area contributed by atoms with Gasteiger partial charge in [-0.15, -0.1) is 10.2 Å². The minimum Gasteiger partial charge on any atom is -0.486 e. The third-order valence-corrected chi connectivity index (χ3v) is 6.20. The zero-order valence-electron chi connectivity index (χ0n) is 16.9. The molecule has 156 valence electrons. The first kappa shape index (κ1) is 19.3. The minimum absolute atomic E-state index is 0.0422. The first-order chi connectivity index (χ1) is 14.8. The maximum absolute atomic E-state index is 6.11. The van der Waals surface area contributed by atoms with Crippen LogP contribution in [0.25, 0.3) is 5.69 Å². The number of benzene rings is 2. The smallest absolute Gasteiger partial charge is 0.232 e. The quantitative estimate of drug-likeness (QED) is 0.582. The van der Waals surface area contributed by atoms with Crippen molar-refractivity contribution in [1.82, 2.24) is 14.8 Å². The number of hydrogen-bond donors (Lipinski definition) is 0. The lowest BCUT2D eigenvalue weighted by molar-refractivity contribution is 0.107. The number of ether oxygens (including phenoxy) is 3. The van der Waals surface area contributed by atoms with Gasteiger partial charge in [0, 0.05) is 18.8 Å². The van der Waals surface area contributed by atoms with E-state index >= 15 is 0 Å². The van der Waals surface area contributed by atoms with Crippen molar-refractivity contribution in [3.05, 3.63) is 54.1 Å². The van der Waals surface area contributed by atoms with Crippen molar-refractivity contribution in [3.63, 3.8) is 0 Å². The molecule has 0 saturated carbocycles. The van der Waals surface area contributed by atoms with Crippen molar-refractivity contribution in [2.45, 2.75) is 18.2 Å². The molecule has 1 fully saturated rings. The molecule has 1 atom stereocenters. The summed E-state index contributed by atoms with van der Waals surface area (Å²) >= 11 is 1.64. The van der Waals surface area contributed by atoms with E-state index in [4.69, 9.17) is 14.2 Å². The molecule has 0 N–H and O–H groups in total. The topological polar surface area (TPSA) is 61.6 Å². The van der Waals surface area contributed by atoms with Gasteiger partial charge in [0.25, 0.3) is 0 Å². The lowest BCUT2D eigenvalue weighted by Gasteiger charge is -2.28. The van der Waals surface area contributed by atoms with Crippen LogP contribution in [0.4, 0.5) is 5.95 Å². The molecule has 1 aromatic heterocycles. The summed E-state index contributed by atoms with van der Waals surface area (Å²) in [6, 6.07) is 16.2. The van der Waals surface area contributed by atoms with Crippen LogP contribution in [0.1, 0.15) is 5.56 Å². The van der Waals surface area contributed by atoms with Gasteiger partial charge in [-0.25, -0.2) is 0 Å². The van der Waals surface area contributed by atoms with Gasteiger partial charge in [-0.1, -0.05) is 36.0 Å². The van der Waals surface area contributed by atoms with Gasteiger partial charge in [-0.2, -0.15) is 0 Å². The molecule has 2 aliphatic heterocycles. The van der Waals surface area contributed by atoms with E-state index in [1.54, 1.807) is 11.8 Å². The summed E-state index contributed by atoms with van der Waals surface area (Å²) in [4.78, 5) is 2.24. The molecule has 0 amide bonds. The Morgan fingerprint density at radius 3 is 2.70 bits per heavy atom. The van der Waals surface area contributed by atoms with E-state index in [0.717, 1.165) is 47.1 Å². The van der Waals surface area contributed by atoms with Crippen LogP contribution in [0.2, 0.25) is 0 Å². The van der Waals surface area contributed by atoms with E-state index in [2.05, 4.69) is 50.9 Å². The lowest BCUT2D eigenvalue weighted by Crippen LogP contribution is -2.38. The van der Waals surface area contributed by atoms with Crippen LogP contribution in [-0.4, -0.2) is 59.5 Å². The predicted molar refractivity (Wildman–Crippen MR) is 116 cm³/mol. The van der Waals surface area contributed by atoms with Gasteiger partial charge >= 0.3 is 0 Å². The number of para-hydroxylation sites is 2. The fraction of sp³-hybridized carbons (Fsp3) is 0.364. The molecule has 7 nitrogen and oxygen atoms in total. The van der Waals surface area contributed by atoms with E-state index < -0.39 is 0 Å². The second kappa shape index (κ2) is 8.57. The average Bonchev–Trinajstić information content (AvgIpc) is 3.22. The van der Waals surface area contributed by atoms with Crippen molar-refractivity contribution >= 4 is 17.7 Å². The molecule has 2 aliphatic rings. The third kappa shape index (κ3) is 3.97. The van der Waals surface area contributed by atoms with Crippen molar-refractivity contribution in [2.75, 3.05) is 43.6 Å². The zero-order chi connectivity index (χ0) is 20.3. The Morgan fingerprint density at radius 2 is 1.87 bits per heavy atom. The summed E-state index contributed by atoms with van der Waals surface area (Å²) in [7, 11) is 0.